The predicted molar refractivity (Wildman–Crippen MR) is 95.4 cm³/mol. The molecule has 1 heterocycles. The van der Waals surface area contributed by atoms with Crippen LogP contribution in [0.4, 0.5) is 13.2 Å². The van der Waals surface area contributed by atoms with Crippen LogP contribution in [0.5, 0.6) is 11.5 Å². The number of piperazine rings is 1. The normalized spacial score (nSPS) is 17.0. The monoisotopic (exact) mass is 364 g/mol. The SMILES string of the molecule is FC(F)(F)CC[C@@H](c1ccc(Oc2ccccc2)cc1)N1CCNCC1. The first-order valence-electron chi connectivity index (χ1n) is 8.86. The molecule has 1 saturated heterocycles. The maximum absolute atomic E-state index is 12.8. The van der Waals surface area contributed by atoms with Crippen LogP contribution < -0.4 is 10.1 Å². The summed E-state index contributed by atoms with van der Waals surface area (Å²) in [5, 5.41) is 3.25. The van der Waals surface area contributed by atoms with E-state index in [0.717, 1.165) is 37.5 Å². The highest BCUT2D eigenvalue weighted by Crippen LogP contribution is 2.33. The summed E-state index contributed by atoms with van der Waals surface area (Å²) >= 11 is 0. The summed E-state index contributed by atoms with van der Waals surface area (Å²) in [5.41, 5.74) is 0.900. The van der Waals surface area contributed by atoms with Gasteiger partial charge in [0.05, 0.1) is 0 Å². The lowest BCUT2D eigenvalue weighted by atomic mass is 9.99. The minimum Gasteiger partial charge on any atom is -0.457 e. The Bertz CT molecular complexity index is 668. The summed E-state index contributed by atoms with van der Waals surface area (Å²) in [6.45, 7) is 3.12. The van der Waals surface area contributed by atoms with Gasteiger partial charge in [0, 0.05) is 38.6 Å². The number of nitrogens with one attached hydrogen (secondary N) is 1. The van der Waals surface area contributed by atoms with Crippen molar-refractivity contribution in [3.8, 4) is 11.5 Å². The molecule has 0 aliphatic carbocycles. The van der Waals surface area contributed by atoms with E-state index in [-0.39, 0.29) is 12.5 Å². The van der Waals surface area contributed by atoms with E-state index in [9.17, 15) is 13.2 Å². The maximum atomic E-state index is 12.8. The molecule has 1 aliphatic rings. The number of ether oxygens (including phenoxy) is 1. The van der Waals surface area contributed by atoms with E-state index < -0.39 is 12.6 Å². The number of rotatable bonds is 6. The first kappa shape index (κ1) is 18.7. The molecule has 1 atom stereocenters. The fourth-order valence-corrected chi connectivity index (χ4v) is 3.24. The molecule has 6 heteroatoms. The molecule has 0 saturated carbocycles. The summed E-state index contributed by atoms with van der Waals surface area (Å²) in [4.78, 5) is 2.13. The predicted octanol–water partition coefficient (Wildman–Crippen LogP) is 4.77. The second-order valence-corrected chi connectivity index (χ2v) is 6.44. The van der Waals surface area contributed by atoms with Gasteiger partial charge in [-0.25, -0.2) is 0 Å². The van der Waals surface area contributed by atoms with Gasteiger partial charge in [0.2, 0.25) is 0 Å². The van der Waals surface area contributed by atoms with Crippen molar-refractivity contribution >= 4 is 0 Å². The first-order valence-corrected chi connectivity index (χ1v) is 8.86. The zero-order valence-corrected chi connectivity index (χ0v) is 14.5. The molecule has 2 aromatic rings. The quantitative estimate of drug-likeness (QED) is 0.799. The summed E-state index contributed by atoms with van der Waals surface area (Å²) in [5.74, 6) is 1.41. The summed E-state index contributed by atoms with van der Waals surface area (Å²) in [7, 11) is 0. The van der Waals surface area contributed by atoms with Crippen molar-refractivity contribution < 1.29 is 17.9 Å². The fraction of sp³-hybridized carbons (Fsp3) is 0.400. The average Bonchev–Trinajstić information content (AvgIpc) is 2.64. The number of alkyl halides is 3. The van der Waals surface area contributed by atoms with Crippen LogP contribution in [0.1, 0.15) is 24.4 Å². The molecule has 26 heavy (non-hydrogen) atoms. The Labute approximate surface area is 151 Å². The van der Waals surface area contributed by atoms with Crippen molar-refractivity contribution in [2.45, 2.75) is 25.1 Å². The molecular formula is C20H23F3N2O. The maximum Gasteiger partial charge on any atom is 0.389 e. The van der Waals surface area contributed by atoms with Crippen LogP contribution in [-0.4, -0.2) is 37.3 Å². The van der Waals surface area contributed by atoms with E-state index in [2.05, 4.69) is 10.2 Å². The molecule has 1 N–H and O–H groups in total. The number of para-hydroxylation sites is 1. The Balaban J connectivity index is 1.72. The van der Waals surface area contributed by atoms with Gasteiger partial charge >= 0.3 is 6.18 Å². The van der Waals surface area contributed by atoms with Gasteiger partial charge in [0.1, 0.15) is 11.5 Å². The lowest BCUT2D eigenvalue weighted by Gasteiger charge is -2.35. The standard InChI is InChI=1S/C20H23F3N2O/c21-20(22,23)11-10-19(25-14-12-24-13-15-25)16-6-8-18(9-7-16)26-17-4-2-1-3-5-17/h1-9,19,24H,10-15H2/t19-/m0/s1. The van der Waals surface area contributed by atoms with Gasteiger partial charge in [-0.1, -0.05) is 30.3 Å². The zero-order chi connectivity index (χ0) is 18.4. The zero-order valence-electron chi connectivity index (χ0n) is 14.5. The highest BCUT2D eigenvalue weighted by molar-refractivity contribution is 5.34. The smallest absolute Gasteiger partial charge is 0.389 e. The van der Waals surface area contributed by atoms with Gasteiger partial charge in [-0.2, -0.15) is 13.2 Å². The molecule has 0 spiro atoms. The van der Waals surface area contributed by atoms with E-state index in [0.29, 0.717) is 5.75 Å². The molecule has 1 fully saturated rings. The number of nitrogens with zero attached hydrogens (tertiary/aromatic N) is 1. The molecule has 0 radical (unpaired) electrons. The topological polar surface area (TPSA) is 24.5 Å². The van der Waals surface area contributed by atoms with Crippen molar-refractivity contribution in [2.24, 2.45) is 0 Å². The van der Waals surface area contributed by atoms with E-state index in [1.54, 1.807) is 0 Å². The lowest BCUT2D eigenvalue weighted by molar-refractivity contribution is -0.138. The Morgan fingerprint density at radius 1 is 0.923 bits per heavy atom. The van der Waals surface area contributed by atoms with Crippen LogP contribution in [0.2, 0.25) is 0 Å². The van der Waals surface area contributed by atoms with Crippen molar-refractivity contribution in [3.63, 3.8) is 0 Å². The molecule has 0 bridgehead atoms. The Kier molecular flexibility index (Phi) is 6.16. The number of halogens is 3. The second kappa shape index (κ2) is 8.56. The number of benzene rings is 2. The third kappa shape index (κ3) is 5.47. The van der Waals surface area contributed by atoms with E-state index in [1.807, 2.05) is 54.6 Å². The van der Waals surface area contributed by atoms with Gasteiger partial charge < -0.3 is 10.1 Å². The second-order valence-electron chi connectivity index (χ2n) is 6.44. The first-order chi connectivity index (χ1) is 12.5. The van der Waals surface area contributed by atoms with Crippen LogP contribution >= 0.6 is 0 Å². The summed E-state index contributed by atoms with van der Waals surface area (Å²) < 4.78 is 44.0. The van der Waals surface area contributed by atoms with Crippen molar-refractivity contribution in [1.29, 1.82) is 0 Å². The van der Waals surface area contributed by atoms with Crippen molar-refractivity contribution in [3.05, 3.63) is 60.2 Å². The molecule has 3 rings (SSSR count). The van der Waals surface area contributed by atoms with Crippen LogP contribution in [-0.2, 0) is 0 Å². The third-order valence-electron chi connectivity index (χ3n) is 4.54. The van der Waals surface area contributed by atoms with Gasteiger partial charge in [-0.05, 0) is 36.2 Å². The Hall–Kier alpha value is -2.05. The van der Waals surface area contributed by atoms with Crippen LogP contribution in [0.3, 0.4) is 0 Å². The highest BCUT2D eigenvalue weighted by atomic mass is 19.4. The largest absolute Gasteiger partial charge is 0.457 e. The lowest BCUT2D eigenvalue weighted by Crippen LogP contribution is -2.45. The fourth-order valence-electron chi connectivity index (χ4n) is 3.24. The van der Waals surface area contributed by atoms with E-state index >= 15 is 0 Å². The molecule has 2 aromatic carbocycles. The minimum absolute atomic E-state index is 0.0718. The van der Waals surface area contributed by atoms with Gasteiger partial charge in [-0.3, -0.25) is 4.90 Å². The Morgan fingerprint density at radius 2 is 1.54 bits per heavy atom. The van der Waals surface area contributed by atoms with Gasteiger partial charge in [-0.15, -0.1) is 0 Å². The molecule has 3 nitrogen and oxygen atoms in total. The van der Waals surface area contributed by atoms with Gasteiger partial charge in [0.25, 0.3) is 0 Å². The minimum atomic E-state index is -4.14. The van der Waals surface area contributed by atoms with Crippen LogP contribution in [0.15, 0.2) is 54.6 Å². The molecule has 140 valence electrons. The highest BCUT2D eigenvalue weighted by Gasteiger charge is 2.31. The van der Waals surface area contributed by atoms with Crippen LogP contribution in [0.25, 0.3) is 0 Å². The van der Waals surface area contributed by atoms with Crippen molar-refractivity contribution in [2.75, 3.05) is 26.2 Å². The number of hydrogen-bond donors (Lipinski definition) is 1. The molecule has 0 unspecified atom stereocenters. The molecule has 1 aliphatic heterocycles. The van der Waals surface area contributed by atoms with Crippen molar-refractivity contribution in [1.82, 2.24) is 10.2 Å². The summed E-state index contributed by atoms with van der Waals surface area (Å²) in [6, 6.07) is 16.6. The molecular weight excluding hydrogens is 341 g/mol. The average molecular weight is 364 g/mol. The third-order valence-corrected chi connectivity index (χ3v) is 4.54. The summed E-state index contributed by atoms with van der Waals surface area (Å²) in [6.07, 6.45) is -4.84. The number of hydrogen-bond acceptors (Lipinski definition) is 3. The molecule has 0 aromatic heterocycles. The Morgan fingerprint density at radius 3 is 2.15 bits per heavy atom. The van der Waals surface area contributed by atoms with Gasteiger partial charge in [0.15, 0.2) is 0 Å². The molecule has 0 amide bonds. The van der Waals surface area contributed by atoms with E-state index in [1.165, 1.54) is 0 Å². The van der Waals surface area contributed by atoms with E-state index in [4.69, 9.17) is 4.74 Å². The van der Waals surface area contributed by atoms with Crippen LogP contribution in [0, 0.1) is 0 Å².